The number of aliphatic hydroxyl groups is 2. The van der Waals surface area contributed by atoms with Crippen molar-refractivity contribution < 1.29 is 10.2 Å². The molecule has 0 unspecified atom stereocenters. The Labute approximate surface area is 130 Å². The van der Waals surface area contributed by atoms with E-state index < -0.39 is 12.2 Å². The van der Waals surface area contributed by atoms with Crippen LogP contribution >= 0.6 is 0 Å². The molecule has 0 aromatic heterocycles. The molecule has 2 aromatic rings. The van der Waals surface area contributed by atoms with Crippen LogP contribution in [0.25, 0.3) is 0 Å². The highest BCUT2D eigenvalue weighted by Gasteiger charge is 2.35. The molecule has 4 N–H and O–H groups in total. The molecule has 1 saturated carbocycles. The second-order valence-electron chi connectivity index (χ2n) is 5.84. The van der Waals surface area contributed by atoms with Crippen LogP contribution in [0.2, 0.25) is 0 Å². The van der Waals surface area contributed by atoms with Crippen molar-refractivity contribution in [2.75, 3.05) is 10.6 Å². The van der Waals surface area contributed by atoms with Crippen molar-refractivity contribution in [2.45, 2.75) is 37.1 Å². The summed E-state index contributed by atoms with van der Waals surface area (Å²) in [5.41, 5.74) is 1.97. The van der Waals surface area contributed by atoms with Crippen molar-refractivity contribution in [3.63, 3.8) is 0 Å². The molecule has 0 heterocycles. The number of para-hydroxylation sites is 2. The zero-order valence-electron chi connectivity index (χ0n) is 12.4. The maximum atomic E-state index is 10.2. The maximum Gasteiger partial charge on any atom is 0.0767 e. The number of anilines is 2. The first-order chi connectivity index (χ1) is 10.7. The summed E-state index contributed by atoms with van der Waals surface area (Å²) in [5, 5.41) is 27.2. The van der Waals surface area contributed by atoms with Gasteiger partial charge in [-0.05, 0) is 30.7 Å². The van der Waals surface area contributed by atoms with Crippen molar-refractivity contribution in [2.24, 2.45) is 0 Å². The summed E-state index contributed by atoms with van der Waals surface area (Å²) in [6, 6.07) is 19.6. The molecule has 1 fully saturated rings. The second-order valence-corrected chi connectivity index (χ2v) is 5.84. The molecule has 0 spiro atoms. The minimum atomic E-state index is -0.552. The average molecular weight is 298 g/mol. The molecule has 4 nitrogen and oxygen atoms in total. The predicted octanol–water partition coefficient (Wildman–Crippen LogP) is 2.46. The Balaban J connectivity index is 1.67. The standard InChI is InChI=1S/C18H22N2O2/c21-17-12-18(22)16(20-14-9-5-2-6-10-14)11-15(17)19-13-7-3-1-4-8-13/h1-10,15-22H,11-12H2/t15-,16-,17-,18-/m1/s1. The van der Waals surface area contributed by atoms with Gasteiger partial charge in [0.2, 0.25) is 0 Å². The van der Waals surface area contributed by atoms with Crippen molar-refractivity contribution in [1.82, 2.24) is 0 Å². The van der Waals surface area contributed by atoms with Gasteiger partial charge in [0, 0.05) is 17.8 Å². The van der Waals surface area contributed by atoms with Gasteiger partial charge in [-0.15, -0.1) is 0 Å². The largest absolute Gasteiger partial charge is 0.391 e. The van der Waals surface area contributed by atoms with Gasteiger partial charge in [-0.3, -0.25) is 0 Å². The second kappa shape index (κ2) is 6.81. The van der Waals surface area contributed by atoms with E-state index in [-0.39, 0.29) is 12.1 Å². The molecule has 1 aliphatic rings. The van der Waals surface area contributed by atoms with Crippen LogP contribution < -0.4 is 10.6 Å². The average Bonchev–Trinajstić information content (AvgIpc) is 2.54. The quantitative estimate of drug-likeness (QED) is 0.700. The number of hydrogen-bond acceptors (Lipinski definition) is 4. The topological polar surface area (TPSA) is 64.5 Å². The summed E-state index contributed by atoms with van der Waals surface area (Å²) in [5.74, 6) is 0. The van der Waals surface area contributed by atoms with E-state index in [0.717, 1.165) is 11.4 Å². The van der Waals surface area contributed by atoms with Crippen LogP contribution in [-0.2, 0) is 0 Å². The van der Waals surface area contributed by atoms with Gasteiger partial charge in [-0.2, -0.15) is 0 Å². The minimum absolute atomic E-state index is 0.0768. The SMILES string of the molecule is O[C@@H]1C[C@@H](O)[C@H](Nc2ccccc2)C[C@H]1Nc1ccccc1. The van der Waals surface area contributed by atoms with Crippen LogP contribution in [-0.4, -0.2) is 34.5 Å². The highest BCUT2D eigenvalue weighted by atomic mass is 16.3. The molecule has 2 aromatic carbocycles. The summed E-state index contributed by atoms with van der Waals surface area (Å²) in [7, 11) is 0. The first-order valence-corrected chi connectivity index (χ1v) is 7.71. The summed E-state index contributed by atoms with van der Waals surface area (Å²) in [4.78, 5) is 0. The fraction of sp³-hybridized carbons (Fsp3) is 0.333. The van der Waals surface area contributed by atoms with Crippen LogP contribution in [0.4, 0.5) is 11.4 Å². The number of hydrogen-bond donors (Lipinski definition) is 4. The summed E-state index contributed by atoms with van der Waals surface area (Å²) in [6.45, 7) is 0. The number of nitrogens with one attached hydrogen (secondary N) is 2. The van der Waals surface area contributed by atoms with Crippen LogP contribution in [0.15, 0.2) is 60.7 Å². The molecular formula is C18H22N2O2. The monoisotopic (exact) mass is 298 g/mol. The van der Waals surface area contributed by atoms with E-state index in [1.807, 2.05) is 60.7 Å². The minimum Gasteiger partial charge on any atom is -0.391 e. The van der Waals surface area contributed by atoms with E-state index in [9.17, 15) is 10.2 Å². The lowest BCUT2D eigenvalue weighted by Crippen LogP contribution is -2.51. The first-order valence-electron chi connectivity index (χ1n) is 7.71. The molecule has 22 heavy (non-hydrogen) atoms. The maximum absolute atomic E-state index is 10.2. The normalized spacial score (nSPS) is 28.1. The van der Waals surface area contributed by atoms with Gasteiger partial charge >= 0.3 is 0 Å². The Bertz CT molecular complexity index is 525. The fourth-order valence-corrected chi connectivity index (χ4v) is 2.97. The van der Waals surface area contributed by atoms with Crippen LogP contribution in [0.1, 0.15) is 12.8 Å². The van der Waals surface area contributed by atoms with Gasteiger partial charge in [-0.1, -0.05) is 36.4 Å². The molecule has 1 aliphatic carbocycles. The smallest absolute Gasteiger partial charge is 0.0767 e. The molecule has 4 heteroatoms. The molecule has 3 rings (SSSR count). The van der Waals surface area contributed by atoms with Gasteiger partial charge in [0.25, 0.3) is 0 Å². The Hall–Kier alpha value is -2.04. The van der Waals surface area contributed by atoms with E-state index in [4.69, 9.17) is 0 Å². The number of rotatable bonds is 4. The molecule has 4 atom stereocenters. The van der Waals surface area contributed by atoms with Gasteiger partial charge in [-0.25, -0.2) is 0 Å². The molecule has 0 saturated heterocycles. The molecular weight excluding hydrogens is 276 g/mol. The lowest BCUT2D eigenvalue weighted by atomic mass is 9.86. The van der Waals surface area contributed by atoms with Gasteiger partial charge in [0.15, 0.2) is 0 Å². The molecule has 0 radical (unpaired) electrons. The highest BCUT2D eigenvalue weighted by molar-refractivity contribution is 5.46. The number of benzene rings is 2. The summed E-state index contributed by atoms with van der Waals surface area (Å²) in [6.07, 6.45) is -0.0748. The Morgan fingerprint density at radius 3 is 1.45 bits per heavy atom. The fourth-order valence-electron chi connectivity index (χ4n) is 2.97. The van der Waals surface area contributed by atoms with Crippen molar-refractivity contribution >= 4 is 11.4 Å². The Kier molecular flexibility index (Phi) is 4.61. The van der Waals surface area contributed by atoms with Gasteiger partial charge in [0.05, 0.1) is 24.3 Å². The first kappa shape index (κ1) is 14.9. The van der Waals surface area contributed by atoms with E-state index >= 15 is 0 Å². The molecule has 0 aliphatic heterocycles. The van der Waals surface area contributed by atoms with Crippen molar-refractivity contribution in [1.29, 1.82) is 0 Å². The Morgan fingerprint density at radius 2 is 1.05 bits per heavy atom. The zero-order valence-corrected chi connectivity index (χ0v) is 12.4. The third kappa shape index (κ3) is 3.59. The third-order valence-corrected chi connectivity index (χ3v) is 4.17. The van der Waals surface area contributed by atoms with E-state index in [1.54, 1.807) is 0 Å². The van der Waals surface area contributed by atoms with Crippen LogP contribution in [0.5, 0.6) is 0 Å². The van der Waals surface area contributed by atoms with E-state index in [1.165, 1.54) is 0 Å². The third-order valence-electron chi connectivity index (χ3n) is 4.17. The molecule has 0 amide bonds. The lowest BCUT2D eigenvalue weighted by Gasteiger charge is -2.38. The van der Waals surface area contributed by atoms with E-state index in [2.05, 4.69) is 10.6 Å². The van der Waals surface area contributed by atoms with Gasteiger partial charge in [0.1, 0.15) is 0 Å². The lowest BCUT2D eigenvalue weighted by molar-refractivity contribution is 0.0242. The van der Waals surface area contributed by atoms with E-state index in [0.29, 0.717) is 12.8 Å². The summed E-state index contributed by atoms with van der Waals surface area (Å²) < 4.78 is 0. The van der Waals surface area contributed by atoms with Crippen LogP contribution in [0.3, 0.4) is 0 Å². The predicted molar refractivity (Wildman–Crippen MR) is 89.0 cm³/mol. The van der Waals surface area contributed by atoms with Gasteiger partial charge < -0.3 is 20.8 Å². The zero-order chi connectivity index (χ0) is 15.4. The van der Waals surface area contributed by atoms with Crippen molar-refractivity contribution in [3.8, 4) is 0 Å². The van der Waals surface area contributed by atoms with Crippen LogP contribution in [0, 0.1) is 0 Å². The number of aliphatic hydroxyl groups excluding tert-OH is 2. The van der Waals surface area contributed by atoms with Crippen molar-refractivity contribution in [3.05, 3.63) is 60.7 Å². The molecule has 0 bridgehead atoms. The molecule has 116 valence electrons. The Morgan fingerprint density at radius 1 is 0.636 bits per heavy atom. The summed E-state index contributed by atoms with van der Waals surface area (Å²) >= 11 is 0. The highest BCUT2D eigenvalue weighted by Crippen LogP contribution is 2.25.